The molecule has 0 aromatic heterocycles. The fraction of sp³-hybridized carbons (Fsp3) is 0.200. The fourth-order valence-electron chi connectivity index (χ4n) is 0.861. The zero-order valence-electron chi connectivity index (χ0n) is 7.77. The van der Waals surface area contributed by atoms with E-state index in [0.29, 0.717) is 5.56 Å². The Labute approximate surface area is 86.7 Å². The molecular formula is C10H11NO2S. The van der Waals surface area contributed by atoms with Gasteiger partial charge < -0.3 is 5.73 Å². The fourth-order valence-corrected chi connectivity index (χ4v) is 1.57. The van der Waals surface area contributed by atoms with Crippen LogP contribution < -0.4 is 5.73 Å². The van der Waals surface area contributed by atoms with Crippen LogP contribution in [0.4, 0.5) is 0 Å². The molecule has 1 atom stereocenters. The third kappa shape index (κ3) is 2.88. The van der Waals surface area contributed by atoms with Crippen LogP contribution in [0.15, 0.2) is 30.3 Å². The number of nitrogens with two attached hydrogens (primary N) is 1. The topological polar surface area (TPSA) is 60.2 Å². The molecule has 1 aromatic rings. The highest BCUT2D eigenvalue weighted by atomic mass is 32.2. The van der Waals surface area contributed by atoms with Gasteiger partial charge in [-0.15, -0.1) is 0 Å². The molecule has 3 nitrogen and oxygen atoms in total. The van der Waals surface area contributed by atoms with Gasteiger partial charge in [-0.3, -0.25) is 9.59 Å². The lowest BCUT2D eigenvalue weighted by Crippen LogP contribution is -2.23. The van der Waals surface area contributed by atoms with Crippen molar-refractivity contribution in [2.45, 2.75) is 12.2 Å². The molecule has 0 aliphatic rings. The molecule has 74 valence electrons. The molecule has 1 unspecified atom stereocenters. The van der Waals surface area contributed by atoms with Gasteiger partial charge in [0, 0.05) is 5.56 Å². The maximum atomic E-state index is 11.5. The van der Waals surface area contributed by atoms with Crippen LogP contribution in [0.5, 0.6) is 0 Å². The quantitative estimate of drug-likeness (QED) is 0.819. The van der Waals surface area contributed by atoms with Gasteiger partial charge in [0.05, 0.1) is 5.25 Å². The summed E-state index contributed by atoms with van der Waals surface area (Å²) in [5.74, 6) is -0.473. The molecule has 4 heteroatoms. The van der Waals surface area contributed by atoms with Gasteiger partial charge in [0.25, 0.3) is 0 Å². The van der Waals surface area contributed by atoms with E-state index in [-0.39, 0.29) is 5.12 Å². The van der Waals surface area contributed by atoms with Crippen molar-refractivity contribution < 1.29 is 9.59 Å². The zero-order valence-corrected chi connectivity index (χ0v) is 8.58. The SMILES string of the molecule is CC(SC(=O)c1ccccc1)C(N)=O. The minimum Gasteiger partial charge on any atom is -0.369 e. The Morgan fingerprint density at radius 2 is 1.86 bits per heavy atom. The van der Waals surface area contributed by atoms with E-state index in [1.807, 2.05) is 6.07 Å². The summed E-state index contributed by atoms with van der Waals surface area (Å²) in [6.07, 6.45) is 0. The number of primary amides is 1. The van der Waals surface area contributed by atoms with Gasteiger partial charge >= 0.3 is 0 Å². The van der Waals surface area contributed by atoms with E-state index in [0.717, 1.165) is 11.8 Å². The lowest BCUT2D eigenvalue weighted by Gasteiger charge is -2.04. The van der Waals surface area contributed by atoms with E-state index >= 15 is 0 Å². The first-order chi connectivity index (χ1) is 6.61. The van der Waals surface area contributed by atoms with E-state index in [1.165, 1.54) is 0 Å². The molecule has 0 aliphatic carbocycles. The minimum atomic E-state index is -0.484. The maximum absolute atomic E-state index is 11.5. The molecule has 0 spiro atoms. The summed E-state index contributed by atoms with van der Waals surface area (Å²) in [7, 11) is 0. The van der Waals surface area contributed by atoms with E-state index < -0.39 is 11.2 Å². The van der Waals surface area contributed by atoms with Crippen molar-refractivity contribution in [1.29, 1.82) is 0 Å². The van der Waals surface area contributed by atoms with Gasteiger partial charge in [-0.05, 0) is 6.92 Å². The summed E-state index contributed by atoms with van der Waals surface area (Å²) in [4.78, 5) is 22.2. The van der Waals surface area contributed by atoms with Crippen LogP contribution in [0.1, 0.15) is 17.3 Å². The Balaban J connectivity index is 2.64. The van der Waals surface area contributed by atoms with Crippen molar-refractivity contribution >= 4 is 22.8 Å². The summed E-state index contributed by atoms with van der Waals surface area (Å²) in [6, 6.07) is 8.82. The highest BCUT2D eigenvalue weighted by molar-refractivity contribution is 8.15. The number of hydrogen-bond donors (Lipinski definition) is 1. The average molecular weight is 209 g/mol. The number of carbonyl (C=O) groups is 2. The maximum Gasteiger partial charge on any atom is 0.230 e. The Kier molecular flexibility index (Phi) is 3.71. The zero-order chi connectivity index (χ0) is 10.6. The van der Waals surface area contributed by atoms with Crippen LogP contribution in [0.2, 0.25) is 0 Å². The second-order valence-electron chi connectivity index (χ2n) is 2.82. The number of rotatable bonds is 3. The van der Waals surface area contributed by atoms with Gasteiger partial charge in [-0.2, -0.15) is 0 Å². The molecule has 0 bridgehead atoms. The van der Waals surface area contributed by atoms with Crippen LogP contribution in [-0.2, 0) is 4.79 Å². The number of hydrogen-bond acceptors (Lipinski definition) is 3. The Morgan fingerprint density at radius 3 is 2.36 bits per heavy atom. The van der Waals surface area contributed by atoms with Gasteiger partial charge in [0.15, 0.2) is 0 Å². The van der Waals surface area contributed by atoms with Crippen molar-refractivity contribution in [2.24, 2.45) is 5.73 Å². The normalized spacial score (nSPS) is 12.1. The van der Waals surface area contributed by atoms with Gasteiger partial charge in [0.2, 0.25) is 11.0 Å². The second-order valence-corrected chi connectivity index (χ2v) is 4.13. The number of amides is 1. The molecule has 0 fully saturated rings. The molecule has 1 rings (SSSR count). The largest absolute Gasteiger partial charge is 0.369 e. The summed E-state index contributed by atoms with van der Waals surface area (Å²) in [6.45, 7) is 1.62. The van der Waals surface area contributed by atoms with Gasteiger partial charge in [-0.1, -0.05) is 42.1 Å². The lowest BCUT2D eigenvalue weighted by atomic mass is 10.2. The third-order valence-corrected chi connectivity index (χ3v) is 2.73. The molecule has 0 saturated carbocycles. The van der Waals surface area contributed by atoms with Crippen LogP contribution in [-0.4, -0.2) is 16.3 Å². The summed E-state index contributed by atoms with van der Waals surface area (Å²) in [5, 5.41) is -0.611. The first-order valence-electron chi connectivity index (χ1n) is 4.16. The summed E-state index contributed by atoms with van der Waals surface area (Å²) in [5.41, 5.74) is 5.64. The molecule has 0 heterocycles. The van der Waals surface area contributed by atoms with E-state index in [4.69, 9.17) is 5.73 Å². The number of thioether (sulfide) groups is 1. The third-order valence-electron chi connectivity index (χ3n) is 1.69. The van der Waals surface area contributed by atoms with Crippen molar-refractivity contribution in [1.82, 2.24) is 0 Å². The Morgan fingerprint density at radius 1 is 1.29 bits per heavy atom. The predicted molar refractivity (Wildman–Crippen MR) is 57.0 cm³/mol. The van der Waals surface area contributed by atoms with Gasteiger partial charge in [-0.25, -0.2) is 0 Å². The van der Waals surface area contributed by atoms with Crippen molar-refractivity contribution in [3.8, 4) is 0 Å². The van der Waals surface area contributed by atoms with E-state index in [2.05, 4.69) is 0 Å². The Bertz CT molecular complexity index is 337. The molecule has 2 N–H and O–H groups in total. The van der Waals surface area contributed by atoms with Crippen molar-refractivity contribution in [3.05, 3.63) is 35.9 Å². The van der Waals surface area contributed by atoms with Crippen molar-refractivity contribution in [3.63, 3.8) is 0 Å². The monoisotopic (exact) mass is 209 g/mol. The summed E-state index contributed by atoms with van der Waals surface area (Å²) < 4.78 is 0. The van der Waals surface area contributed by atoms with E-state index in [1.54, 1.807) is 31.2 Å². The number of carbonyl (C=O) groups excluding carboxylic acids is 2. The van der Waals surface area contributed by atoms with Crippen LogP contribution >= 0.6 is 11.8 Å². The Hall–Kier alpha value is -1.29. The first kappa shape index (κ1) is 10.8. The van der Waals surface area contributed by atoms with Gasteiger partial charge in [0.1, 0.15) is 0 Å². The molecule has 14 heavy (non-hydrogen) atoms. The smallest absolute Gasteiger partial charge is 0.230 e. The lowest BCUT2D eigenvalue weighted by molar-refractivity contribution is -0.117. The molecule has 1 amide bonds. The summed E-state index contributed by atoms with van der Waals surface area (Å²) >= 11 is 0.947. The highest BCUT2D eigenvalue weighted by Gasteiger charge is 2.15. The highest BCUT2D eigenvalue weighted by Crippen LogP contribution is 2.16. The van der Waals surface area contributed by atoms with Crippen LogP contribution in [0.25, 0.3) is 0 Å². The molecular weight excluding hydrogens is 198 g/mol. The van der Waals surface area contributed by atoms with E-state index in [9.17, 15) is 9.59 Å². The standard InChI is InChI=1S/C10H11NO2S/c1-7(9(11)12)14-10(13)8-5-3-2-4-6-8/h2-7H,1H3,(H2,11,12). The number of benzene rings is 1. The second kappa shape index (κ2) is 4.81. The molecule has 0 saturated heterocycles. The predicted octanol–water partition coefficient (Wildman–Crippen LogP) is 1.43. The first-order valence-corrected chi connectivity index (χ1v) is 5.04. The van der Waals surface area contributed by atoms with Crippen molar-refractivity contribution in [2.75, 3.05) is 0 Å². The minimum absolute atomic E-state index is 0.128. The molecule has 0 aliphatic heterocycles. The van der Waals surface area contributed by atoms with Crippen LogP contribution in [0, 0.1) is 0 Å². The average Bonchev–Trinajstić information content (AvgIpc) is 2.19. The molecule has 0 radical (unpaired) electrons. The van der Waals surface area contributed by atoms with Crippen LogP contribution in [0.3, 0.4) is 0 Å². The molecule has 1 aromatic carbocycles.